The lowest BCUT2D eigenvalue weighted by atomic mass is 9.86. The maximum Gasteiger partial charge on any atom is 0.407 e. The smallest absolute Gasteiger partial charge is 0.407 e. The summed E-state index contributed by atoms with van der Waals surface area (Å²) >= 11 is 1.50. The predicted octanol–water partition coefficient (Wildman–Crippen LogP) is 4.39. The average Bonchev–Trinajstić information content (AvgIpc) is 3.43. The zero-order chi connectivity index (χ0) is 25.2. The molecule has 12 heteroatoms. The Hall–Kier alpha value is -2.96. The van der Waals surface area contributed by atoms with Crippen LogP contribution >= 0.6 is 11.3 Å². The largest absolute Gasteiger partial charge is 0.447 e. The molecule has 188 valence electrons. The van der Waals surface area contributed by atoms with E-state index in [0.717, 1.165) is 41.3 Å². The molecule has 1 aliphatic carbocycles. The molecule has 1 amide bonds. The number of hydrogen-bond donors (Lipinski definition) is 4. The monoisotopic (exact) mass is 518 g/mol. The topological polar surface area (TPSA) is 152 Å². The van der Waals surface area contributed by atoms with E-state index < -0.39 is 10.0 Å². The van der Waals surface area contributed by atoms with Crippen molar-refractivity contribution in [2.75, 3.05) is 5.32 Å². The number of aromatic nitrogens is 3. The minimum atomic E-state index is -3.98. The van der Waals surface area contributed by atoms with E-state index in [1.807, 2.05) is 20.8 Å². The minimum Gasteiger partial charge on any atom is -0.447 e. The normalized spacial score (nSPS) is 18.4. The summed E-state index contributed by atoms with van der Waals surface area (Å²) < 4.78 is 30.1. The second kappa shape index (κ2) is 10.3. The predicted molar refractivity (Wildman–Crippen MR) is 135 cm³/mol. The maximum atomic E-state index is 12.5. The van der Waals surface area contributed by atoms with E-state index in [1.165, 1.54) is 17.4 Å². The second-order valence-electron chi connectivity index (χ2n) is 8.96. The minimum absolute atomic E-state index is 0.0388. The molecule has 0 spiro atoms. The molecule has 1 aromatic carbocycles. The Bertz CT molecular complexity index is 1280. The van der Waals surface area contributed by atoms with Gasteiger partial charge in [-0.2, -0.15) is 5.10 Å². The summed E-state index contributed by atoms with van der Waals surface area (Å²) in [6.07, 6.45) is 4.50. The van der Waals surface area contributed by atoms with Crippen LogP contribution in [0.5, 0.6) is 0 Å². The Kier molecular flexibility index (Phi) is 7.43. The van der Waals surface area contributed by atoms with Gasteiger partial charge >= 0.3 is 6.09 Å². The van der Waals surface area contributed by atoms with Gasteiger partial charge in [-0.25, -0.2) is 23.3 Å². The fourth-order valence-corrected chi connectivity index (χ4v) is 6.35. The van der Waals surface area contributed by atoms with Crippen LogP contribution in [0.1, 0.15) is 56.2 Å². The van der Waals surface area contributed by atoms with Gasteiger partial charge in [0.1, 0.15) is 5.82 Å². The van der Waals surface area contributed by atoms with Gasteiger partial charge in [-0.3, -0.25) is 5.10 Å². The number of rotatable bonds is 7. The van der Waals surface area contributed by atoms with E-state index in [-0.39, 0.29) is 29.1 Å². The lowest BCUT2D eigenvalue weighted by Crippen LogP contribution is -2.38. The third-order valence-corrected chi connectivity index (χ3v) is 8.17. The zero-order valence-electron chi connectivity index (χ0n) is 19.9. The number of carbonyl (C=O) groups excluding carboxylic acids is 1. The molecule has 0 radical (unpaired) electrons. The van der Waals surface area contributed by atoms with E-state index in [4.69, 9.17) is 14.9 Å². The number of nitrogens with two attached hydrogens (primary N) is 1. The average molecular weight is 519 g/mol. The van der Waals surface area contributed by atoms with Gasteiger partial charge in [0, 0.05) is 29.3 Å². The van der Waals surface area contributed by atoms with Gasteiger partial charge < -0.3 is 15.4 Å². The van der Waals surface area contributed by atoms with Crippen molar-refractivity contribution in [3.63, 3.8) is 0 Å². The molecule has 3 aromatic rings. The third-order valence-electron chi connectivity index (χ3n) is 5.87. The van der Waals surface area contributed by atoms with Crippen molar-refractivity contribution in [3.05, 3.63) is 41.2 Å². The lowest BCUT2D eigenvalue weighted by Gasteiger charge is -2.28. The van der Waals surface area contributed by atoms with Crippen molar-refractivity contribution in [1.29, 1.82) is 0 Å². The van der Waals surface area contributed by atoms with Crippen LogP contribution in [-0.4, -0.2) is 41.8 Å². The van der Waals surface area contributed by atoms with E-state index >= 15 is 0 Å². The maximum absolute atomic E-state index is 12.5. The summed E-state index contributed by atoms with van der Waals surface area (Å²) in [6.45, 7) is 5.53. The molecule has 0 bridgehead atoms. The molecule has 10 nitrogen and oxygen atoms in total. The van der Waals surface area contributed by atoms with Crippen LogP contribution in [0.25, 0.3) is 10.4 Å². The van der Waals surface area contributed by atoms with E-state index in [1.54, 1.807) is 24.4 Å². The van der Waals surface area contributed by atoms with Gasteiger partial charge in [0.05, 0.1) is 32.8 Å². The van der Waals surface area contributed by atoms with Crippen molar-refractivity contribution in [2.45, 2.75) is 69.4 Å². The number of alkyl carbamates (subject to hydrolysis) is 1. The number of nitrogens with one attached hydrogen (secondary N) is 3. The van der Waals surface area contributed by atoms with Crippen molar-refractivity contribution in [3.8, 4) is 10.4 Å². The standard InChI is InChI=1S/C23H30N6O4S2/c1-13(2)33-23(30)28-16-6-4-15(5-7-16)22-26-14(3)21(34-22)18-9-8-17(12-19(18)35(24,31)32)27-20-10-11-25-29-20/h8-13,15-16H,4-7H2,1-3H3,(H,28,30)(H2,24,31,32)(H2,25,27,29). The van der Waals surface area contributed by atoms with Crippen LogP contribution < -0.4 is 15.8 Å². The van der Waals surface area contributed by atoms with Crippen molar-refractivity contribution >= 4 is 39.0 Å². The van der Waals surface area contributed by atoms with Crippen molar-refractivity contribution < 1.29 is 17.9 Å². The van der Waals surface area contributed by atoms with Crippen LogP contribution in [-0.2, 0) is 14.8 Å². The number of aromatic amines is 1. The molecule has 0 atom stereocenters. The van der Waals surface area contributed by atoms with Crippen molar-refractivity contribution in [2.24, 2.45) is 5.14 Å². The highest BCUT2D eigenvalue weighted by Crippen LogP contribution is 2.41. The molecule has 4 rings (SSSR count). The highest BCUT2D eigenvalue weighted by Gasteiger charge is 2.28. The number of sulfonamides is 1. The van der Waals surface area contributed by atoms with Gasteiger partial charge in [0.2, 0.25) is 10.0 Å². The molecule has 1 aliphatic rings. The summed E-state index contributed by atoms with van der Waals surface area (Å²) in [5.74, 6) is 0.891. The van der Waals surface area contributed by atoms with Crippen LogP contribution in [0.4, 0.5) is 16.3 Å². The molecule has 1 fully saturated rings. The molecule has 0 saturated heterocycles. The molecule has 0 aliphatic heterocycles. The highest BCUT2D eigenvalue weighted by atomic mass is 32.2. The number of nitrogens with zero attached hydrogens (tertiary/aromatic N) is 2. The Morgan fingerprint density at radius 3 is 2.60 bits per heavy atom. The molecular weight excluding hydrogens is 488 g/mol. The quantitative estimate of drug-likeness (QED) is 0.362. The molecule has 2 aromatic heterocycles. The van der Waals surface area contributed by atoms with Gasteiger partial charge in [0.15, 0.2) is 0 Å². The van der Waals surface area contributed by atoms with Gasteiger partial charge in [-0.15, -0.1) is 11.3 Å². The molecule has 1 saturated carbocycles. The Morgan fingerprint density at radius 1 is 1.23 bits per heavy atom. The first kappa shape index (κ1) is 25.1. The lowest BCUT2D eigenvalue weighted by molar-refractivity contribution is 0.109. The Labute approximate surface area is 208 Å². The highest BCUT2D eigenvalue weighted by molar-refractivity contribution is 7.89. The summed E-state index contributed by atoms with van der Waals surface area (Å²) in [5, 5.41) is 19.2. The Morgan fingerprint density at radius 2 is 1.97 bits per heavy atom. The van der Waals surface area contributed by atoms with Gasteiger partial charge in [-0.05, 0) is 58.6 Å². The number of amides is 1. The number of aryl methyl sites for hydroxylation is 1. The first-order valence-electron chi connectivity index (χ1n) is 11.5. The van der Waals surface area contributed by atoms with Gasteiger partial charge in [-0.1, -0.05) is 6.07 Å². The second-order valence-corrected chi connectivity index (χ2v) is 11.5. The molecule has 35 heavy (non-hydrogen) atoms. The number of carbonyl (C=O) groups is 1. The number of primary sulfonamides is 1. The first-order valence-corrected chi connectivity index (χ1v) is 13.8. The van der Waals surface area contributed by atoms with E-state index in [0.29, 0.717) is 17.1 Å². The number of anilines is 2. The van der Waals surface area contributed by atoms with Gasteiger partial charge in [0.25, 0.3) is 0 Å². The summed E-state index contributed by atoms with van der Waals surface area (Å²) in [4.78, 5) is 17.5. The first-order chi connectivity index (χ1) is 16.6. The number of thiazole rings is 1. The molecule has 0 unspecified atom stereocenters. The number of H-pyrrole nitrogens is 1. The van der Waals surface area contributed by atoms with Crippen LogP contribution in [0, 0.1) is 6.92 Å². The number of ether oxygens (including phenoxy) is 1. The van der Waals surface area contributed by atoms with Crippen LogP contribution in [0.3, 0.4) is 0 Å². The third kappa shape index (κ3) is 6.19. The van der Waals surface area contributed by atoms with Crippen molar-refractivity contribution in [1.82, 2.24) is 20.5 Å². The summed E-state index contributed by atoms with van der Waals surface area (Å²) in [7, 11) is -3.98. The molecule has 2 heterocycles. The van der Waals surface area contributed by atoms with E-state index in [9.17, 15) is 13.2 Å². The van der Waals surface area contributed by atoms with Crippen LogP contribution in [0.2, 0.25) is 0 Å². The SMILES string of the molecule is Cc1nc(C2CCC(NC(=O)OC(C)C)CC2)sc1-c1ccc(Nc2ccn[nH]2)cc1S(N)(=O)=O. The number of hydrogen-bond acceptors (Lipinski definition) is 8. The zero-order valence-corrected chi connectivity index (χ0v) is 21.5. The van der Waals surface area contributed by atoms with Crippen LogP contribution in [0.15, 0.2) is 35.4 Å². The molecule has 5 N–H and O–H groups in total. The Balaban J connectivity index is 1.52. The molecular formula is C23H30N6O4S2. The number of benzene rings is 1. The van der Waals surface area contributed by atoms with E-state index in [2.05, 4.69) is 20.8 Å². The summed E-state index contributed by atoms with van der Waals surface area (Å²) in [5.41, 5.74) is 1.88. The fraction of sp³-hybridized carbons (Fsp3) is 0.435. The fourth-order valence-electron chi connectivity index (χ4n) is 4.25. The summed E-state index contributed by atoms with van der Waals surface area (Å²) in [6, 6.07) is 6.90.